The highest BCUT2D eigenvalue weighted by molar-refractivity contribution is 5.95. The highest BCUT2D eigenvalue weighted by atomic mass is 19.4. The normalized spacial score (nSPS) is 14.3. The van der Waals surface area contributed by atoms with E-state index in [0.29, 0.717) is 28.0 Å². The molecule has 0 aliphatic carbocycles. The van der Waals surface area contributed by atoms with Crippen molar-refractivity contribution in [1.29, 1.82) is 0 Å². The number of alkyl halides is 3. The van der Waals surface area contributed by atoms with Crippen molar-refractivity contribution in [2.75, 3.05) is 18.4 Å². The van der Waals surface area contributed by atoms with Gasteiger partial charge in [0.15, 0.2) is 0 Å². The van der Waals surface area contributed by atoms with Gasteiger partial charge in [0.05, 0.1) is 40.8 Å². The van der Waals surface area contributed by atoms with Crippen molar-refractivity contribution in [3.8, 4) is 11.3 Å². The largest absolute Gasteiger partial charge is 0.416 e. The molecule has 0 saturated carbocycles. The molecule has 36 heavy (non-hydrogen) atoms. The Balaban J connectivity index is 1.32. The van der Waals surface area contributed by atoms with Gasteiger partial charge in [-0.2, -0.15) is 13.2 Å². The van der Waals surface area contributed by atoms with Crippen molar-refractivity contribution in [3.05, 3.63) is 89.7 Å². The Morgan fingerprint density at radius 2 is 1.78 bits per heavy atom. The maximum atomic E-state index is 13.2. The molecule has 1 aliphatic heterocycles. The molecule has 0 unspecified atom stereocenters. The van der Waals surface area contributed by atoms with Crippen molar-refractivity contribution in [3.63, 3.8) is 0 Å². The third kappa shape index (κ3) is 5.54. The van der Waals surface area contributed by atoms with Crippen molar-refractivity contribution in [2.45, 2.75) is 32.0 Å². The number of carbonyl (C=O) groups excluding carboxylic acids is 1. The zero-order valence-electron chi connectivity index (χ0n) is 19.6. The van der Waals surface area contributed by atoms with Gasteiger partial charge in [0.2, 0.25) is 5.91 Å². The average molecular weight is 491 g/mol. The highest BCUT2D eigenvalue weighted by Crippen LogP contribution is 2.32. The lowest BCUT2D eigenvalue weighted by molar-refractivity contribution is -0.137. The summed E-state index contributed by atoms with van der Waals surface area (Å²) in [4.78, 5) is 24.3. The van der Waals surface area contributed by atoms with Crippen LogP contribution in [0.15, 0.2) is 72.9 Å². The summed E-state index contributed by atoms with van der Waals surface area (Å²) in [6, 6.07) is 17.9. The molecule has 1 N–H and O–H groups in total. The summed E-state index contributed by atoms with van der Waals surface area (Å²) in [5.74, 6) is -0.220. The SMILES string of the molecule is O=C(Cc1cccc2ccc(-c3cccc(C(F)(F)F)c3)nc12)Nc1ccc(CN2CCCC2)nc1. The van der Waals surface area contributed by atoms with E-state index in [2.05, 4.69) is 20.2 Å². The van der Waals surface area contributed by atoms with Crippen molar-refractivity contribution < 1.29 is 18.0 Å². The van der Waals surface area contributed by atoms with Gasteiger partial charge in [-0.15, -0.1) is 0 Å². The van der Waals surface area contributed by atoms with E-state index < -0.39 is 11.7 Å². The van der Waals surface area contributed by atoms with Gasteiger partial charge in [-0.1, -0.05) is 36.4 Å². The van der Waals surface area contributed by atoms with Gasteiger partial charge < -0.3 is 5.32 Å². The third-order valence-corrected chi connectivity index (χ3v) is 6.33. The van der Waals surface area contributed by atoms with Crippen LogP contribution in [0.5, 0.6) is 0 Å². The number of anilines is 1. The molecule has 1 saturated heterocycles. The molecule has 0 bridgehead atoms. The van der Waals surface area contributed by atoms with Crippen LogP contribution in [0.1, 0.15) is 29.7 Å². The zero-order valence-corrected chi connectivity index (χ0v) is 19.6. The second-order valence-corrected chi connectivity index (χ2v) is 9.01. The van der Waals surface area contributed by atoms with E-state index >= 15 is 0 Å². The highest BCUT2D eigenvalue weighted by Gasteiger charge is 2.30. The summed E-state index contributed by atoms with van der Waals surface area (Å²) in [6.07, 6.45) is -0.253. The Kier molecular flexibility index (Phi) is 6.69. The third-order valence-electron chi connectivity index (χ3n) is 6.33. The smallest absolute Gasteiger partial charge is 0.324 e. The minimum atomic E-state index is -4.43. The van der Waals surface area contributed by atoms with E-state index in [1.54, 1.807) is 18.3 Å². The summed E-state index contributed by atoms with van der Waals surface area (Å²) in [5.41, 5.74) is 2.91. The molecular weight excluding hydrogens is 465 g/mol. The van der Waals surface area contributed by atoms with Crippen LogP contribution < -0.4 is 5.32 Å². The van der Waals surface area contributed by atoms with Crippen LogP contribution in [0.3, 0.4) is 0 Å². The van der Waals surface area contributed by atoms with E-state index in [1.165, 1.54) is 18.9 Å². The molecule has 0 spiro atoms. The first-order chi connectivity index (χ1) is 17.3. The fourth-order valence-electron chi connectivity index (χ4n) is 4.51. The number of rotatable bonds is 6. The molecule has 0 radical (unpaired) electrons. The second kappa shape index (κ2) is 10.1. The Bertz CT molecular complexity index is 1380. The number of hydrogen-bond acceptors (Lipinski definition) is 4. The summed E-state index contributed by atoms with van der Waals surface area (Å²) < 4.78 is 39.5. The number of aromatic nitrogens is 2. The number of halogens is 3. The van der Waals surface area contributed by atoms with Crippen LogP contribution in [-0.2, 0) is 23.9 Å². The number of nitrogens with zero attached hydrogens (tertiary/aromatic N) is 3. The number of benzene rings is 2. The van der Waals surface area contributed by atoms with E-state index in [9.17, 15) is 18.0 Å². The molecule has 8 heteroatoms. The number of amides is 1. The fraction of sp³-hybridized carbons (Fsp3) is 0.250. The van der Waals surface area contributed by atoms with Crippen LogP contribution in [-0.4, -0.2) is 33.9 Å². The van der Waals surface area contributed by atoms with E-state index in [0.717, 1.165) is 42.8 Å². The molecule has 1 fully saturated rings. The lowest BCUT2D eigenvalue weighted by Crippen LogP contribution is -2.19. The number of pyridine rings is 2. The number of fused-ring (bicyclic) bond motifs is 1. The maximum absolute atomic E-state index is 13.2. The molecule has 5 nitrogen and oxygen atoms in total. The summed E-state index contributed by atoms with van der Waals surface area (Å²) in [7, 11) is 0. The molecule has 3 heterocycles. The minimum Gasteiger partial charge on any atom is -0.324 e. The zero-order chi connectivity index (χ0) is 25.1. The predicted octanol–water partition coefficient (Wildman–Crippen LogP) is 6.09. The molecule has 4 aromatic rings. The van der Waals surface area contributed by atoms with Gasteiger partial charge in [-0.3, -0.25) is 14.7 Å². The van der Waals surface area contributed by atoms with Gasteiger partial charge in [0.25, 0.3) is 0 Å². The Labute approximate surface area is 207 Å². The van der Waals surface area contributed by atoms with Gasteiger partial charge in [0, 0.05) is 17.5 Å². The molecular formula is C28H25F3N4O. The number of likely N-dealkylation sites (tertiary alicyclic amines) is 1. The van der Waals surface area contributed by atoms with Gasteiger partial charge in [-0.25, -0.2) is 4.98 Å². The van der Waals surface area contributed by atoms with Crippen LogP contribution in [0.4, 0.5) is 18.9 Å². The van der Waals surface area contributed by atoms with Crippen molar-refractivity contribution >= 4 is 22.5 Å². The maximum Gasteiger partial charge on any atom is 0.416 e. The Morgan fingerprint density at radius 1 is 0.972 bits per heavy atom. The van der Waals surface area contributed by atoms with Crippen molar-refractivity contribution in [1.82, 2.24) is 14.9 Å². The monoisotopic (exact) mass is 490 g/mol. The topological polar surface area (TPSA) is 58.1 Å². The first-order valence-electron chi connectivity index (χ1n) is 11.9. The van der Waals surface area contributed by atoms with Gasteiger partial charge in [0.1, 0.15) is 0 Å². The first-order valence-corrected chi connectivity index (χ1v) is 11.9. The summed E-state index contributed by atoms with van der Waals surface area (Å²) in [6.45, 7) is 2.99. The van der Waals surface area contributed by atoms with Crippen LogP contribution in [0.2, 0.25) is 0 Å². The lowest BCUT2D eigenvalue weighted by Gasteiger charge is -2.14. The lowest BCUT2D eigenvalue weighted by atomic mass is 10.0. The number of para-hydroxylation sites is 1. The Hall–Kier alpha value is -3.78. The second-order valence-electron chi connectivity index (χ2n) is 9.01. The molecule has 1 amide bonds. The first kappa shape index (κ1) is 23.9. The standard InChI is InChI=1S/C28H25F3N4O/c29-28(30,31)22-8-4-6-20(15-22)25-12-9-19-5-3-7-21(27(19)34-25)16-26(36)33-23-10-11-24(32-17-23)18-35-13-1-2-14-35/h3-12,15,17H,1-2,13-14,16,18H2,(H,33,36). The molecule has 5 rings (SSSR count). The average Bonchev–Trinajstić information content (AvgIpc) is 3.38. The fourth-order valence-corrected chi connectivity index (χ4v) is 4.51. The summed E-state index contributed by atoms with van der Waals surface area (Å²) >= 11 is 0. The number of hydrogen-bond donors (Lipinski definition) is 1. The van der Waals surface area contributed by atoms with Crippen LogP contribution in [0.25, 0.3) is 22.2 Å². The predicted molar refractivity (Wildman–Crippen MR) is 133 cm³/mol. The Morgan fingerprint density at radius 3 is 2.53 bits per heavy atom. The van der Waals surface area contributed by atoms with Crippen molar-refractivity contribution in [2.24, 2.45) is 0 Å². The van der Waals surface area contributed by atoms with Crippen LogP contribution >= 0.6 is 0 Å². The van der Waals surface area contributed by atoms with E-state index in [1.807, 2.05) is 36.4 Å². The summed E-state index contributed by atoms with van der Waals surface area (Å²) in [5, 5.41) is 3.69. The molecule has 0 atom stereocenters. The van der Waals surface area contributed by atoms with Crippen LogP contribution in [0, 0.1) is 0 Å². The minimum absolute atomic E-state index is 0.0753. The van der Waals surface area contributed by atoms with Gasteiger partial charge >= 0.3 is 6.18 Å². The number of nitrogens with one attached hydrogen (secondary N) is 1. The molecule has 184 valence electrons. The van der Waals surface area contributed by atoms with E-state index in [-0.39, 0.29) is 12.3 Å². The van der Waals surface area contributed by atoms with Gasteiger partial charge in [-0.05, 0) is 61.8 Å². The van der Waals surface area contributed by atoms with E-state index in [4.69, 9.17) is 0 Å². The number of carbonyl (C=O) groups is 1. The molecule has 2 aromatic heterocycles. The quantitative estimate of drug-likeness (QED) is 0.355. The molecule has 1 aliphatic rings. The molecule has 2 aromatic carbocycles.